The molecule has 1 atom stereocenters. The zero-order valence-electron chi connectivity index (χ0n) is 6.17. The van der Waals surface area contributed by atoms with Crippen molar-refractivity contribution in [3.63, 3.8) is 0 Å². The van der Waals surface area contributed by atoms with Crippen LogP contribution in [0.1, 0.15) is 6.42 Å². The number of carbonyl (C=O) groups excluding carboxylic acids is 1. The molecule has 0 unspecified atom stereocenters. The standard InChI is InChI=1S/C8H9NOS/c1-5-4-9-7(10)3-8(9)11-6(5)2/h8H,1-4H2/t8-/m1/s1. The van der Waals surface area contributed by atoms with E-state index in [1.807, 2.05) is 4.90 Å². The highest BCUT2D eigenvalue weighted by atomic mass is 32.2. The number of fused-ring (bicyclic) bond motifs is 1. The van der Waals surface area contributed by atoms with Crippen molar-refractivity contribution in [3.8, 4) is 0 Å². The third-order valence-electron chi connectivity index (χ3n) is 2.05. The third-order valence-corrected chi connectivity index (χ3v) is 3.32. The summed E-state index contributed by atoms with van der Waals surface area (Å²) in [6.45, 7) is 8.39. The van der Waals surface area contributed by atoms with Gasteiger partial charge in [0.1, 0.15) is 0 Å². The molecule has 0 spiro atoms. The Morgan fingerprint density at radius 2 is 2.27 bits per heavy atom. The van der Waals surface area contributed by atoms with Crippen molar-refractivity contribution in [2.24, 2.45) is 0 Å². The van der Waals surface area contributed by atoms with Crippen LogP contribution in [0.25, 0.3) is 0 Å². The molecule has 0 aromatic heterocycles. The Labute approximate surface area is 69.9 Å². The summed E-state index contributed by atoms with van der Waals surface area (Å²) in [6, 6.07) is 0. The normalized spacial score (nSPS) is 30.0. The number of carbonyl (C=O) groups is 1. The SMILES string of the molecule is C=C1CN2C(=O)C[C@H]2SC1=C. The van der Waals surface area contributed by atoms with Crippen molar-refractivity contribution in [1.82, 2.24) is 4.90 Å². The Bertz CT molecular complexity index is 259. The molecule has 2 aliphatic rings. The number of rotatable bonds is 0. The van der Waals surface area contributed by atoms with Gasteiger partial charge in [-0.25, -0.2) is 0 Å². The van der Waals surface area contributed by atoms with Crippen LogP contribution in [-0.2, 0) is 4.79 Å². The number of nitrogens with zero attached hydrogens (tertiary/aromatic N) is 1. The van der Waals surface area contributed by atoms with E-state index < -0.39 is 0 Å². The summed E-state index contributed by atoms with van der Waals surface area (Å²) < 4.78 is 0. The maximum atomic E-state index is 11.0. The van der Waals surface area contributed by atoms with Gasteiger partial charge < -0.3 is 4.90 Å². The summed E-state index contributed by atoms with van der Waals surface area (Å²) in [5, 5.41) is 0.362. The Balaban J connectivity index is 2.14. The molecule has 0 aliphatic carbocycles. The molecule has 2 rings (SSSR count). The minimum atomic E-state index is 0.246. The Morgan fingerprint density at radius 1 is 1.55 bits per heavy atom. The largest absolute Gasteiger partial charge is 0.325 e. The first-order chi connectivity index (χ1) is 5.18. The lowest BCUT2D eigenvalue weighted by Gasteiger charge is -2.44. The number of thioether (sulfide) groups is 1. The summed E-state index contributed by atoms with van der Waals surface area (Å²) in [6.07, 6.45) is 0.678. The van der Waals surface area contributed by atoms with Crippen molar-refractivity contribution in [1.29, 1.82) is 0 Å². The molecule has 2 fully saturated rings. The van der Waals surface area contributed by atoms with Gasteiger partial charge in [-0.3, -0.25) is 4.79 Å². The molecule has 2 nitrogen and oxygen atoms in total. The van der Waals surface area contributed by atoms with Crippen molar-refractivity contribution >= 4 is 17.7 Å². The molecule has 2 saturated heterocycles. The van der Waals surface area contributed by atoms with Gasteiger partial charge in [-0.1, -0.05) is 13.2 Å². The molecule has 3 heteroatoms. The van der Waals surface area contributed by atoms with Crippen LogP contribution in [0.5, 0.6) is 0 Å². The molecular weight excluding hydrogens is 158 g/mol. The van der Waals surface area contributed by atoms with Gasteiger partial charge in [-0.05, 0) is 5.57 Å². The quantitative estimate of drug-likeness (QED) is 0.508. The number of β-lactam (4-membered cyclic amide) rings is 1. The van der Waals surface area contributed by atoms with Crippen LogP contribution in [0.2, 0.25) is 0 Å². The Kier molecular flexibility index (Phi) is 1.36. The van der Waals surface area contributed by atoms with Gasteiger partial charge in [0.15, 0.2) is 0 Å². The number of hydrogen-bond donors (Lipinski definition) is 0. The zero-order valence-corrected chi connectivity index (χ0v) is 6.99. The van der Waals surface area contributed by atoms with E-state index in [4.69, 9.17) is 0 Å². The van der Waals surface area contributed by atoms with Gasteiger partial charge in [-0.15, -0.1) is 11.8 Å². The number of amides is 1. The van der Waals surface area contributed by atoms with Crippen LogP contribution >= 0.6 is 11.8 Å². The molecule has 0 aromatic rings. The second-order valence-electron chi connectivity index (χ2n) is 2.82. The van der Waals surface area contributed by atoms with Gasteiger partial charge in [-0.2, -0.15) is 0 Å². The van der Waals surface area contributed by atoms with Crippen molar-refractivity contribution in [2.45, 2.75) is 11.8 Å². The second-order valence-corrected chi connectivity index (χ2v) is 4.10. The van der Waals surface area contributed by atoms with Gasteiger partial charge >= 0.3 is 0 Å². The van der Waals surface area contributed by atoms with E-state index in [1.165, 1.54) is 0 Å². The third kappa shape index (κ3) is 0.913. The molecular formula is C8H9NOS. The van der Waals surface area contributed by atoms with Crippen LogP contribution in [0.15, 0.2) is 23.6 Å². The van der Waals surface area contributed by atoms with Gasteiger partial charge in [0.05, 0.1) is 11.8 Å². The molecule has 0 bridgehead atoms. The first-order valence-electron chi connectivity index (χ1n) is 3.51. The molecule has 0 N–H and O–H groups in total. The highest BCUT2D eigenvalue weighted by Gasteiger charge is 2.40. The number of hydrogen-bond acceptors (Lipinski definition) is 2. The summed E-state index contributed by atoms with van der Waals surface area (Å²) in [4.78, 5) is 13.8. The van der Waals surface area contributed by atoms with Gasteiger partial charge in [0.25, 0.3) is 0 Å². The fourth-order valence-electron chi connectivity index (χ4n) is 1.26. The minimum absolute atomic E-state index is 0.246. The first-order valence-corrected chi connectivity index (χ1v) is 4.39. The molecule has 0 radical (unpaired) electrons. The van der Waals surface area contributed by atoms with Crippen molar-refractivity contribution in [2.75, 3.05) is 6.54 Å². The average molecular weight is 167 g/mol. The minimum Gasteiger partial charge on any atom is -0.325 e. The van der Waals surface area contributed by atoms with E-state index >= 15 is 0 Å². The monoisotopic (exact) mass is 167 g/mol. The van der Waals surface area contributed by atoms with E-state index in [0.717, 1.165) is 10.5 Å². The molecule has 58 valence electrons. The lowest BCUT2D eigenvalue weighted by Crippen LogP contribution is -2.53. The molecule has 11 heavy (non-hydrogen) atoms. The van der Waals surface area contributed by atoms with Gasteiger partial charge in [0, 0.05) is 11.4 Å². The van der Waals surface area contributed by atoms with Gasteiger partial charge in [0.2, 0.25) is 5.91 Å². The van der Waals surface area contributed by atoms with E-state index in [0.29, 0.717) is 18.3 Å². The lowest BCUT2D eigenvalue weighted by molar-refractivity contribution is -0.140. The average Bonchev–Trinajstić information content (AvgIpc) is 1.97. The maximum Gasteiger partial charge on any atom is 0.226 e. The van der Waals surface area contributed by atoms with Crippen LogP contribution < -0.4 is 0 Å². The summed E-state index contributed by atoms with van der Waals surface area (Å²) >= 11 is 1.66. The topological polar surface area (TPSA) is 20.3 Å². The molecule has 2 heterocycles. The highest BCUT2D eigenvalue weighted by Crippen LogP contribution is 2.41. The fraction of sp³-hybridized carbons (Fsp3) is 0.375. The summed E-state index contributed by atoms with van der Waals surface area (Å²) in [7, 11) is 0. The molecule has 0 aromatic carbocycles. The lowest BCUT2D eigenvalue weighted by atomic mass is 10.1. The predicted molar refractivity (Wildman–Crippen MR) is 46.0 cm³/mol. The van der Waals surface area contributed by atoms with Crippen LogP contribution in [0.4, 0.5) is 0 Å². The van der Waals surface area contributed by atoms with Crippen molar-refractivity contribution < 1.29 is 4.79 Å². The first kappa shape index (κ1) is 6.98. The van der Waals surface area contributed by atoms with Crippen LogP contribution in [-0.4, -0.2) is 22.7 Å². The van der Waals surface area contributed by atoms with E-state index in [-0.39, 0.29) is 5.91 Å². The zero-order chi connectivity index (χ0) is 8.01. The van der Waals surface area contributed by atoms with Crippen LogP contribution in [0, 0.1) is 0 Å². The van der Waals surface area contributed by atoms with E-state index in [1.54, 1.807) is 11.8 Å². The van der Waals surface area contributed by atoms with E-state index in [2.05, 4.69) is 13.2 Å². The van der Waals surface area contributed by atoms with Crippen molar-refractivity contribution in [3.05, 3.63) is 23.6 Å². The Morgan fingerprint density at radius 3 is 2.91 bits per heavy atom. The van der Waals surface area contributed by atoms with Crippen LogP contribution in [0.3, 0.4) is 0 Å². The smallest absolute Gasteiger partial charge is 0.226 e. The summed E-state index contributed by atoms with van der Waals surface area (Å²) in [5.41, 5.74) is 0.985. The second kappa shape index (κ2) is 2.14. The maximum absolute atomic E-state index is 11.0. The summed E-state index contributed by atoms with van der Waals surface area (Å²) in [5.74, 6) is 0.246. The highest BCUT2D eigenvalue weighted by molar-refractivity contribution is 8.04. The van der Waals surface area contributed by atoms with E-state index in [9.17, 15) is 4.79 Å². The molecule has 1 amide bonds. The predicted octanol–water partition coefficient (Wildman–Crippen LogP) is 1.36. The molecule has 0 saturated carbocycles. The Hall–Kier alpha value is -0.700. The molecule has 2 aliphatic heterocycles. The fourth-order valence-corrected chi connectivity index (χ4v) is 2.37.